The molecule has 0 spiro atoms. The quantitative estimate of drug-likeness (QED) is 0.876. The van der Waals surface area contributed by atoms with Crippen molar-refractivity contribution in [3.63, 3.8) is 0 Å². The van der Waals surface area contributed by atoms with Crippen molar-refractivity contribution in [1.82, 2.24) is 10.6 Å². The second-order valence-electron chi connectivity index (χ2n) is 5.10. The first-order valence-corrected chi connectivity index (χ1v) is 7.34. The highest BCUT2D eigenvalue weighted by atomic mass is 35.5. The highest BCUT2D eigenvalue weighted by molar-refractivity contribution is 6.31. The molecular formula is C15H22Cl2N2O. The molecule has 112 valence electrons. The number of carbonyl (C=O) groups excluding carboxylic acids is 1. The highest BCUT2D eigenvalue weighted by Crippen LogP contribution is 2.18. The van der Waals surface area contributed by atoms with Crippen LogP contribution in [-0.4, -0.2) is 19.0 Å². The van der Waals surface area contributed by atoms with Crippen molar-refractivity contribution in [3.8, 4) is 0 Å². The minimum absolute atomic E-state index is 0. The van der Waals surface area contributed by atoms with Crippen LogP contribution in [0.15, 0.2) is 24.3 Å². The molecule has 1 aromatic rings. The third kappa shape index (κ3) is 5.70. The minimum atomic E-state index is 0. The molecule has 1 fully saturated rings. The molecule has 1 amide bonds. The first-order chi connectivity index (χ1) is 9.25. The molecule has 0 aromatic heterocycles. The van der Waals surface area contributed by atoms with Crippen molar-refractivity contribution < 1.29 is 4.79 Å². The summed E-state index contributed by atoms with van der Waals surface area (Å²) in [6.45, 7) is 2.70. The van der Waals surface area contributed by atoms with E-state index >= 15 is 0 Å². The fourth-order valence-electron chi connectivity index (χ4n) is 2.43. The van der Waals surface area contributed by atoms with E-state index in [1.54, 1.807) is 0 Å². The van der Waals surface area contributed by atoms with Crippen molar-refractivity contribution in [1.29, 1.82) is 0 Å². The van der Waals surface area contributed by atoms with Crippen molar-refractivity contribution in [2.75, 3.05) is 13.1 Å². The molecule has 0 bridgehead atoms. The fraction of sp³-hybridized carbons (Fsp3) is 0.533. The van der Waals surface area contributed by atoms with E-state index in [0.29, 0.717) is 23.9 Å². The monoisotopic (exact) mass is 316 g/mol. The molecule has 0 saturated carbocycles. The van der Waals surface area contributed by atoms with Gasteiger partial charge in [0.15, 0.2) is 0 Å². The summed E-state index contributed by atoms with van der Waals surface area (Å²) in [4.78, 5) is 11.8. The normalized spacial score (nSPS) is 15.4. The van der Waals surface area contributed by atoms with E-state index in [9.17, 15) is 4.79 Å². The Morgan fingerprint density at radius 2 is 2.00 bits per heavy atom. The summed E-state index contributed by atoms with van der Waals surface area (Å²) in [5.74, 6) is 0.825. The Hall–Kier alpha value is -0.770. The molecule has 5 heteroatoms. The summed E-state index contributed by atoms with van der Waals surface area (Å²) in [5, 5.41) is 6.99. The third-order valence-corrected chi connectivity index (χ3v) is 4.04. The first-order valence-electron chi connectivity index (χ1n) is 6.96. The van der Waals surface area contributed by atoms with E-state index in [4.69, 9.17) is 11.6 Å². The van der Waals surface area contributed by atoms with Crippen molar-refractivity contribution >= 4 is 29.9 Å². The molecule has 0 atom stereocenters. The lowest BCUT2D eigenvalue weighted by Gasteiger charge is -2.22. The summed E-state index contributed by atoms with van der Waals surface area (Å²) < 4.78 is 0. The number of benzene rings is 1. The number of nitrogens with one attached hydrogen (secondary N) is 2. The van der Waals surface area contributed by atoms with Gasteiger partial charge in [-0.05, 0) is 49.9 Å². The summed E-state index contributed by atoms with van der Waals surface area (Å²) in [6.07, 6.45) is 4.00. The molecule has 2 N–H and O–H groups in total. The second-order valence-corrected chi connectivity index (χ2v) is 5.51. The van der Waals surface area contributed by atoms with Crippen LogP contribution in [-0.2, 0) is 11.3 Å². The van der Waals surface area contributed by atoms with Gasteiger partial charge in [0, 0.05) is 18.0 Å². The SMILES string of the molecule is Cl.O=C(CCC1CCNCC1)NCc1ccccc1Cl. The molecule has 0 radical (unpaired) electrons. The number of halogens is 2. The Labute approximate surface area is 131 Å². The van der Waals surface area contributed by atoms with Crippen molar-refractivity contribution in [2.45, 2.75) is 32.2 Å². The van der Waals surface area contributed by atoms with Crippen LogP contribution in [0, 0.1) is 5.92 Å². The van der Waals surface area contributed by atoms with Gasteiger partial charge in [0.05, 0.1) is 0 Å². The lowest BCUT2D eigenvalue weighted by atomic mass is 9.93. The predicted molar refractivity (Wildman–Crippen MR) is 85.4 cm³/mol. The van der Waals surface area contributed by atoms with E-state index in [1.165, 1.54) is 12.8 Å². The number of rotatable bonds is 5. The first kappa shape index (κ1) is 17.3. The molecule has 1 aliphatic rings. The molecule has 1 aliphatic heterocycles. The minimum Gasteiger partial charge on any atom is -0.352 e. The number of amides is 1. The van der Waals surface area contributed by atoms with Crippen LogP contribution in [0.2, 0.25) is 5.02 Å². The topological polar surface area (TPSA) is 41.1 Å². The molecule has 2 rings (SSSR count). The Morgan fingerprint density at radius 3 is 2.70 bits per heavy atom. The van der Waals surface area contributed by atoms with Gasteiger partial charge < -0.3 is 10.6 Å². The van der Waals surface area contributed by atoms with E-state index < -0.39 is 0 Å². The predicted octanol–water partition coefficient (Wildman–Crippen LogP) is 3.16. The Morgan fingerprint density at radius 1 is 1.30 bits per heavy atom. The van der Waals surface area contributed by atoms with E-state index in [1.807, 2.05) is 24.3 Å². The maximum absolute atomic E-state index is 11.8. The van der Waals surface area contributed by atoms with Gasteiger partial charge in [0.25, 0.3) is 0 Å². The molecule has 1 heterocycles. The highest BCUT2D eigenvalue weighted by Gasteiger charge is 2.14. The summed E-state index contributed by atoms with van der Waals surface area (Å²) in [6, 6.07) is 7.61. The second kappa shape index (κ2) is 9.22. The lowest BCUT2D eigenvalue weighted by molar-refractivity contribution is -0.121. The van der Waals surface area contributed by atoms with E-state index in [2.05, 4.69) is 10.6 Å². The maximum Gasteiger partial charge on any atom is 0.220 e. The molecule has 0 unspecified atom stereocenters. The Kier molecular flexibility index (Phi) is 7.97. The molecular weight excluding hydrogens is 295 g/mol. The number of piperidine rings is 1. The maximum atomic E-state index is 11.8. The average Bonchev–Trinajstić information content (AvgIpc) is 2.45. The van der Waals surface area contributed by atoms with Gasteiger partial charge >= 0.3 is 0 Å². The lowest BCUT2D eigenvalue weighted by Crippen LogP contribution is -2.29. The summed E-state index contributed by atoms with van der Waals surface area (Å²) in [5.41, 5.74) is 0.972. The van der Waals surface area contributed by atoms with Gasteiger partial charge in [0.2, 0.25) is 5.91 Å². The van der Waals surface area contributed by atoms with Crippen LogP contribution in [0.5, 0.6) is 0 Å². The fourth-order valence-corrected chi connectivity index (χ4v) is 2.63. The van der Waals surface area contributed by atoms with E-state index in [-0.39, 0.29) is 18.3 Å². The van der Waals surface area contributed by atoms with Gasteiger partial charge in [-0.1, -0.05) is 29.8 Å². The third-order valence-electron chi connectivity index (χ3n) is 3.67. The Bertz CT molecular complexity index is 420. The molecule has 3 nitrogen and oxygen atoms in total. The molecule has 1 saturated heterocycles. The summed E-state index contributed by atoms with van der Waals surface area (Å²) in [7, 11) is 0. The van der Waals surface area contributed by atoms with Crippen LogP contribution in [0.1, 0.15) is 31.2 Å². The summed E-state index contributed by atoms with van der Waals surface area (Å²) >= 11 is 6.05. The van der Waals surface area contributed by atoms with Crippen LogP contribution < -0.4 is 10.6 Å². The number of carbonyl (C=O) groups is 1. The van der Waals surface area contributed by atoms with Gasteiger partial charge in [-0.25, -0.2) is 0 Å². The smallest absolute Gasteiger partial charge is 0.220 e. The van der Waals surface area contributed by atoms with E-state index in [0.717, 1.165) is 25.1 Å². The van der Waals surface area contributed by atoms with Crippen LogP contribution in [0.25, 0.3) is 0 Å². The average molecular weight is 317 g/mol. The van der Waals surface area contributed by atoms with Gasteiger partial charge in [-0.2, -0.15) is 0 Å². The zero-order chi connectivity index (χ0) is 13.5. The van der Waals surface area contributed by atoms with Crippen LogP contribution in [0.4, 0.5) is 0 Å². The van der Waals surface area contributed by atoms with Crippen LogP contribution >= 0.6 is 24.0 Å². The molecule has 0 aliphatic carbocycles. The van der Waals surface area contributed by atoms with Gasteiger partial charge in [-0.15, -0.1) is 12.4 Å². The van der Waals surface area contributed by atoms with Gasteiger partial charge in [-0.3, -0.25) is 4.79 Å². The molecule has 1 aromatic carbocycles. The van der Waals surface area contributed by atoms with Gasteiger partial charge in [0.1, 0.15) is 0 Å². The van der Waals surface area contributed by atoms with Crippen molar-refractivity contribution in [2.24, 2.45) is 5.92 Å². The zero-order valence-corrected chi connectivity index (χ0v) is 13.1. The number of hydrogen-bond donors (Lipinski definition) is 2. The number of hydrogen-bond acceptors (Lipinski definition) is 2. The Balaban J connectivity index is 0.00000200. The van der Waals surface area contributed by atoms with Crippen molar-refractivity contribution in [3.05, 3.63) is 34.9 Å². The van der Waals surface area contributed by atoms with Crippen LogP contribution in [0.3, 0.4) is 0 Å². The standard InChI is InChI=1S/C15H21ClN2O.ClH/c16-14-4-2-1-3-13(14)11-18-15(19)6-5-12-7-9-17-10-8-12;/h1-4,12,17H,5-11H2,(H,18,19);1H. The largest absolute Gasteiger partial charge is 0.352 e. The zero-order valence-electron chi connectivity index (χ0n) is 11.5. The molecule has 20 heavy (non-hydrogen) atoms.